The number of carbonyl (C=O) groups is 1. The zero-order valence-corrected chi connectivity index (χ0v) is 14.6. The van der Waals surface area contributed by atoms with Gasteiger partial charge in [0.2, 0.25) is 0 Å². The summed E-state index contributed by atoms with van der Waals surface area (Å²) in [6, 6.07) is 7.63. The number of likely N-dealkylation sites (tertiary alicyclic amines) is 1. The van der Waals surface area contributed by atoms with Crippen LogP contribution in [0.1, 0.15) is 30.3 Å². The highest BCUT2D eigenvalue weighted by Gasteiger charge is 2.30. The molecular weight excluding hydrogens is 330 g/mol. The first-order chi connectivity index (χ1) is 11.1. The number of amides is 1. The van der Waals surface area contributed by atoms with Crippen LogP contribution in [-0.4, -0.2) is 34.9 Å². The van der Waals surface area contributed by atoms with Gasteiger partial charge in [0.1, 0.15) is 10.7 Å². The van der Waals surface area contributed by atoms with E-state index in [1.165, 1.54) is 11.3 Å². The van der Waals surface area contributed by atoms with Crippen LogP contribution in [0.2, 0.25) is 5.02 Å². The molecule has 0 saturated carbocycles. The van der Waals surface area contributed by atoms with Crippen LogP contribution in [0.15, 0.2) is 29.6 Å². The molecule has 2 unspecified atom stereocenters. The molecule has 0 spiro atoms. The minimum atomic E-state index is -0.0168. The molecule has 3 rings (SSSR count). The molecule has 4 nitrogen and oxygen atoms in total. The predicted octanol–water partition coefficient (Wildman–Crippen LogP) is 3.66. The molecule has 23 heavy (non-hydrogen) atoms. The summed E-state index contributed by atoms with van der Waals surface area (Å²) in [6.45, 7) is 3.47. The first kappa shape index (κ1) is 16.4. The van der Waals surface area contributed by atoms with Crippen molar-refractivity contribution in [2.24, 2.45) is 11.7 Å². The number of nitrogens with zero attached hydrogens (tertiary/aromatic N) is 2. The number of piperidine rings is 1. The molecule has 0 bridgehead atoms. The van der Waals surface area contributed by atoms with Gasteiger partial charge in [-0.2, -0.15) is 0 Å². The van der Waals surface area contributed by atoms with Gasteiger partial charge in [-0.1, -0.05) is 30.7 Å². The number of hydrogen-bond donors (Lipinski definition) is 1. The number of rotatable bonds is 3. The highest BCUT2D eigenvalue weighted by atomic mass is 35.5. The predicted molar refractivity (Wildman–Crippen MR) is 94.8 cm³/mol. The van der Waals surface area contributed by atoms with Crippen LogP contribution >= 0.6 is 22.9 Å². The second-order valence-corrected chi connectivity index (χ2v) is 7.36. The summed E-state index contributed by atoms with van der Waals surface area (Å²) < 4.78 is 0. The SMILES string of the molecule is CC1CCN(C(=O)c2csc(-c3cccc(Cl)c3)n2)C(CN)C1. The van der Waals surface area contributed by atoms with Gasteiger partial charge in [0, 0.05) is 35.1 Å². The van der Waals surface area contributed by atoms with Crippen LogP contribution in [0.4, 0.5) is 0 Å². The van der Waals surface area contributed by atoms with Crippen molar-refractivity contribution in [2.75, 3.05) is 13.1 Å². The molecule has 1 fully saturated rings. The standard InChI is InChI=1S/C17H20ClN3OS/c1-11-5-6-21(14(7-11)9-19)17(22)15-10-23-16(20-15)12-3-2-4-13(18)8-12/h2-4,8,10-11,14H,5-7,9,19H2,1H3. The molecule has 6 heteroatoms. The lowest BCUT2D eigenvalue weighted by Gasteiger charge is -2.37. The average molecular weight is 350 g/mol. The zero-order valence-electron chi connectivity index (χ0n) is 13.0. The molecule has 2 heterocycles. The molecular formula is C17H20ClN3OS. The lowest BCUT2D eigenvalue weighted by Crippen LogP contribution is -2.49. The molecule has 1 aromatic carbocycles. The van der Waals surface area contributed by atoms with Crippen molar-refractivity contribution in [1.29, 1.82) is 0 Å². The van der Waals surface area contributed by atoms with Gasteiger partial charge in [0.05, 0.1) is 0 Å². The number of benzene rings is 1. The van der Waals surface area contributed by atoms with E-state index >= 15 is 0 Å². The first-order valence-corrected chi connectivity index (χ1v) is 9.06. The number of thiazole rings is 1. The van der Waals surface area contributed by atoms with Crippen LogP contribution < -0.4 is 5.73 Å². The van der Waals surface area contributed by atoms with Crippen LogP contribution in [0.5, 0.6) is 0 Å². The van der Waals surface area contributed by atoms with Gasteiger partial charge in [-0.15, -0.1) is 11.3 Å². The summed E-state index contributed by atoms with van der Waals surface area (Å²) in [5.41, 5.74) is 7.29. The van der Waals surface area contributed by atoms with E-state index < -0.39 is 0 Å². The van der Waals surface area contributed by atoms with E-state index in [4.69, 9.17) is 17.3 Å². The molecule has 2 aromatic rings. The second kappa shape index (κ2) is 6.99. The Kier molecular flexibility index (Phi) is 4.99. The summed E-state index contributed by atoms with van der Waals surface area (Å²) in [4.78, 5) is 19.2. The topological polar surface area (TPSA) is 59.2 Å². The van der Waals surface area contributed by atoms with E-state index in [1.54, 1.807) is 0 Å². The second-order valence-electron chi connectivity index (χ2n) is 6.07. The van der Waals surface area contributed by atoms with Gasteiger partial charge < -0.3 is 10.6 Å². The third kappa shape index (κ3) is 3.57. The van der Waals surface area contributed by atoms with E-state index in [1.807, 2.05) is 34.5 Å². The largest absolute Gasteiger partial charge is 0.333 e. The summed E-state index contributed by atoms with van der Waals surface area (Å²) >= 11 is 7.49. The lowest BCUT2D eigenvalue weighted by atomic mass is 9.92. The van der Waals surface area contributed by atoms with Crippen molar-refractivity contribution < 1.29 is 4.79 Å². The molecule has 1 aliphatic heterocycles. The maximum Gasteiger partial charge on any atom is 0.273 e. The van der Waals surface area contributed by atoms with Gasteiger partial charge >= 0.3 is 0 Å². The molecule has 1 amide bonds. The van der Waals surface area contributed by atoms with Crippen molar-refractivity contribution in [2.45, 2.75) is 25.8 Å². The Balaban J connectivity index is 1.81. The molecule has 122 valence electrons. The van der Waals surface area contributed by atoms with E-state index in [2.05, 4.69) is 11.9 Å². The summed E-state index contributed by atoms with van der Waals surface area (Å²) in [6.07, 6.45) is 1.99. The van der Waals surface area contributed by atoms with Crippen molar-refractivity contribution in [1.82, 2.24) is 9.88 Å². The fourth-order valence-electron chi connectivity index (χ4n) is 3.02. The molecule has 2 atom stereocenters. The highest BCUT2D eigenvalue weighted by Crippen LogP contribution is 2.28. The Hall–Kier alpha value is -1.43. The Bertz CT molecular complexity index is 703. The normalized spacial score (nSPS) is 21.4. The van der Waals surface area contributed by atoms with E-state index in [9.17, 15) is 4.79 Å². The van der Waals surface area contributed by atoms with E-state index in [-0.39, 0.29) is 11.9 Å². The number of nitrogens with two attached hydrogens (primary N) is 1. The fraction of sp³-hybridized carbons (Fsp3) is 0.412. The molecule has 1 aliphatic rings. The maximum absolute atomic E-state index is 12.8. The quantitative estimate of drug-likeness (QED) is 0.919. The Morgan fingerprint density at radius 3 is 3.09 bits per heavy atom. The summed E-state index contributed by atoms with van der Waals surface area (Å²) in [5.74, 6) is 0.599. The number of aromatic nitrogens is 1. The number of halogens is 1. The van der Waals surface area contributed by atoms with Crippen molar-refractivity contribution in [3.8, 4) is 10.6 Å². The van der Waals surface area contributed by atoms with Gasteiger partial charge in [0.25, 0.3) is 5.91 Å². The van der Waals surface area contributed by atoms with E-state index in [0.29, 0.717) is 23.2 Å². The Morgan fingerprint density at radius 2 is 2.35 bits per heavy atom. The molecule has 1 saturated heterocycles. The Morgan fingerprint density at radius 1 is 1.52 bits per heavy atom. The fourth-order valence-corrected chi connectivity index (χ4v) is 4.00. The van der Waals surface area contributed by atoms with Gasteiger partial charge in [-0.3, -0.25) is 4.79 Å². The maximum atomic E-state index is 12.8. The molecule has 0 radical (unpaired) electrons. The van der Waals surface area contributed by atoms with Gasteiger partial charge in [-0.25, -0.2) is 4.98 Å². The smallest absolute Gasteiger partial charge is 0.273 e. The number of hydrogen-bond acceptors (Lipinski definition) is 4. The van der Waals surface area contributed by atoms with Gasteiger partial charge in [0.15, 0.2) is 0 Å². The average Bonchev–Trinajstić information content (AvgIpc) is 3.04. The molecule has 2 N–H and O–H groups in total. The third-order valence-corrected chi connectivity index (χ3v) is 5.43. The summed E-state index contributed by atoms with van der Waals surface area (Å²) in [5, 5.41) is 3.30. The Labute approximate surface area is 145 Å². The minimum absolute atomic E-state index is 0.0168. The zero-order chi connectivity index (χ0) is 16.4. The first-order valence-electron chi connectivity index (χ1n) is 7.81. The van der Waals surface area contributed by atoms with Crippen LogP contribution in [-0.2, 0) is 0 Å². The van der Waals surface area contributed by atoms with Crippen LogP contribution in [0, 0.1) is 5.92 Å². The molecule has 0 aliphatic carbocycles. The van der Waals surface area contributed by atoms with Gasteiger partial charge in [-0.05, 0) is 30.9 Å². The van der Waals surface area contributed by atoms with Crippen LogP contribution in [0.25, 0.3) is 10.6 Å². The van der Waals surface area contributed by atoms with Crippen molar-refractivity contribution in [3.05, 3.63) is 40.4 Å². The summed E-state index contributed by atoms with van der Waals surface area (Å²) in [7, 11) is 0. The van der Waals surface area contributed by atoms with Crippen molar-refractivity contribution in [3.63, 3.8) is 0 Å². The lowest BCUT2D eigenvalue weighted by molar-refractivity contribution is 0.0568. The van der Waals surface area contributed by atoms with E-state index in [0.717, 1.165) is 30.0 Å². The monoisotopic (exact) mass is 349 g/mol. The van der Waals surface area contributed by atoms with Crippen LogP contribution in [0.3, 0.4) is 0 Å². The third-order valence-electron chi connectivity index (χ3n) is 4.31. The minimum Gasteiger partial charge on any atom is -0.333 e. The van der Waals surface area contributed by atoms with Crippen molar-refractivity contribution >= 4 is 28.8 Å². The highest BCUT2D eigenvalue weighted by molar-refractivity contribution is 7.13. The molecule has 1 aromatic heterocycles. The number of carbonyl (C=O) groups excluding carboxylic acids is 1.